The van der Waals surface area contributed by atoms with Crippen molar-refractivity contribution in [3.63, 3.8) is 0 Å². The molecule has 0 radical (unpaired) electrons. The highest BCUT2D eigenvalue weighted by Gasteiger charge is 2.48. The van der Waals surface area contributed by atoms with E-state index in [1.165, 1.54) is 46.4 Å². The average Bonchev–Trinajstić information content (AvgIpc) is 3.45. The highest BCUT2D eigenvalue weighted by Crippen LogP contribution is 2.46. The van der Waals surface area contributed by atoms with E-state index < -0.39 is 0 Å². The summed E-state index contributed by atoms with van der Waals surface area (Å²) in [6.45, 7) is 4.21. The number of halogens is 1. The highest BCUT2D eigenvalue weighted by molar-refractivity contribution is 5.98. The molecule has 1 saturated heterocycles. The van der Waals surface area contributed by atoms with Crippen molar-refractivity contribution < 1.29 is 4.79 Å². The van der Waals surface area contributed by atoms with Crippen molar-refractivity contribution in [1.82, 2.24) is 10.6 Å². The second kappa shape index (κ2) is 8.35. The summed E-state index contributed by atoms with van der Waals surface area (Å²) >= 11 is 0. The Morgan fingerprint density at radius 2 is 1.81 bits per heavy atom. The second-order valence-electron chi connectivity index (χ2n) is 10.1. The number of nitrogens with one attached hydrogen (secondary N) is 2. The van der Waals surface area contributed by atoms with E-state index in [4.69, 9.17) is 0 Å². The summed E-state index contributed by atoms with van der Waals surface area (Å²) in [4.78, 5) is 13.5. The zero-order chi connectivity index (χ0) is 21.0. The van der Waals surface area contributed by atoms with E-state index in [-0.39, 0.29) is 23.9 Å². The third-order valence-electron chi connectivity index (χ3n) is 8.20. The molecule has 4 heteroatoms. The Bertz CT molecular complexity index is 1190. The van der Waals surface area contributed by atoms with Gasteiger partial charge in [0.15, 0.2) is 0 Å². The standard InChI is InChI=1S/C28H32N2O.ClH/c1-18-5-6-22(19-11-15-29-16-12-19)17-24(18)27(31)30-28(13-14-28)25-10-9-21-8-7-20-3-2-4-23(25)26(20)21;/h2-6,17,19,29H,7-16H2,1H3,(H,30,31);1H. The number of carbonyl (C=O) groups excluding carboxylic acids is 1. The molecule has 2 N–H and O–H groups in total. The van der Waals surface area contributed by atoms with Crippen molar-refractivity contribution >= 4 is 29.5 Å². The fraction of sp³-hybridized carbons (Fsp3) is 0.464. The lowest BCUT2D eigenvalue weighted by atomic mass is 9.87. The minimum atomic E-state index is -0.127. The van der Waals surface area contributed by atoms with E-state index in [0.29, 0.717) is 5.92 Å². The minimum Gasteiger partial charge on any atom is -0.343 e. The fourth-order valence-electron chi connectivity index (χ4n) is 6.25. The molecule has 0 unspecified atom stereocenters. The lowest BCUT2D eigenvalue weighted by Crippen LogP contribution is -2.44. The van der Waals surface area contributed by atoms with Crippen LogP contribution < -0.4 is 21.1 Å². The van der Waals surface area contributed by atoms with Gasteiger partial charge in [0, 0.05) is 5.56 Å². The molecular formula is C28H33ClN2O. The fourth-order valence-corrected chi connectivity index (χ4v) is 6.25. The summed E-state index contributed by atoms with van der Waals surface area (Å²) < 4.78 is 0. The first-order valence-corrected chi connectivity index (χ1v) is 12.1. The predicted octanol–water partition coefficient (Wildman–Crippen LogP) is 3.89. The summed E-state index contributed by atoms with van der Waals surface area (Å²) in [6, 6.07) is 13.4. The molecule has 1 aliphatic heterocycles. The van der Waals surface area contributed by atoms with Crippen molar-refractivity contribution in [3.8, 4) is 0 Å². The van der Waals surface area contributed by atoms with Crippen molar-refractivity contribution in [1.29, 1.82) is 0 Å². The normalized spacial score (nSPS) is 21.0. The van der Waals surface area contributed by atoms with E-state index in [1.54, 1.807) is 5.57 Å². The number of amides is 1. The van der Waals surface area contributed by atoms with Crippen LogP contribution in [0.3, 0.4) is 0 Å². The van der Waals surface area contributed by atoms with Crippen LogP contribution in [-0.2, 0) is 6.42 Å². The van der Waals surface area contributed by atoms with Gasteiger partial charge in [0.2, 0.25) is 0 Å². The lowest BCUT2D eigenvalue weighted by Gasteiger charge is -2.26. The van der Waals surface area contributed by atoms with Crippen LogP contribution in [0, 0.1) is 6.92 Å². The summed E-state index contributed by atoms with van der Waals surface area (Å²) in [5, 5.41) is 9.91. The molecule has 168 valence electrons. The molecule has 2 aromatic carbocycles. The zero-order valence-electron chi connectivity index (χ0n) is 18.9. The van der Waals surface area contributed by atoms with Crippen molar-refractivity contribution in [2.24, 2.45) is 0 Å². The van der Waals surface area contributed by atoms with Crippen LogP contribution in [-0.4, -0.2) is 24.5 Å². The molecule has 0 bridgehead atoms. The van der Waals surface area contributed by atoms with Gasteiger partial charge in [0.05, 0.1) is 5.54 Å². The molecule has 1 saturated carbocycles. The number of carbonyl (C=O) groups is 1. The van der Waals surface area contributed by atoms with Crippen LogP contribution in [0.4, 0.5) is 0 Å². The Labute approximate surface area is 196 Å². The molecule has 3 aliphatic carbocycles. The number of hydrogen-bond donors (Lipinski definition) is 2. The molecule has 0 spiro atoms. The first-order chi connectivity index (χ1) is 15.1. The molecule has 1 amide bonds. The van der Waals surface area contributed by atoms with Crippen LogP contribution >= 0.6 is 12.4 Å². The van der Waals surface area contributed by atoms with Gasteiger partial charge >= 0.3 is 0 Å². The maximum absolute atomic E-state index is 13.5. The van der Waals surface area contributed by atoms with E-state index in [0.717, 1.165) is 56.3 Å². The van der Waals surface area contributed by atoms with Crippen LogP contribution in [0.2, 0.25) is 0 Å². The van der Waals surface area contributed by atoms with Crippen molar-refractivity contribution in [2.75, 3.05) is 13.1 Å². The Balaban J connectivity index is 0.00000216. The molecule has 2 fully saturated rings. The van der Waals surface area contributed by atoms with E-state index in [9.17, 15) is 4.79 Å². The van der Waals surface area contributed by atoms with Crippen LogP contribution in [0.5, 0.6) is 0 Å². The smallest absolute Gasteiger partial charge is 0.252 e. The van der Waals surface area contributed by atoms with E-state index >= 15 is 0 Å². The molecule has 0 aromatic heterocycles. The topological polar surface area (TPSA) is 41.1 Å². The molecule has 1 heterocycles. The molecule has 6 rings (SSSR count). The Kier molecular flexibility index (Phi) is 5.67. The van der Waals surface area contributed by atoms with Crippen LogP contribution in [0.15, 0.2) is 36.4 Å². The van der Waals surface area contributed by atoms with Gasteiger partial charge in [0.1, 0.15) is 0 Å². The zero-order valence-corrected chi connectivity index (χ0v) is 19.7. The molecule has 0 atom stereocenters. The second-order valence-corrected chi connectivity index (χ2v) is 10.1. The summed E-state index contributed by atoms with van der Waals surface area (Å²) in [7, 11) is 0. The van der Waals surface area contributed by atoms with Crippen LogP contribution in [0.25, 0.3) is 11.1 Å². The lowest BCUT2D eigenvalue weighted by molar-refractivity contribution is 0.0940. The van der Waals surface area contributed by atoms with E-state index in [1.807, 2.05) is 0 Å². The summed E-state index contributed by atoms with van der Waals surface area (Å²) in [6.07, 6.45) is 9.13. The maximum atomic E-state index is 13.5. The van der Waals surface area contributed by atoms with E-state index in [2.05, 4.69) is 54.0 Å². The largest absolute Gasteiger partial charge is 0.343 e. The van der Waals surface area contributed by atoms with Crippen molar-refractivity contribution in [2.45, 2.75) is 69.7 Å². The summed E-state index contributed by atoms with van der Waals surface area (Å²) in [5.74, 6) is 0.678. The van der Waals surface area contributed by atoms with Gasteiger partial charge < -0.3 is 10.6 Å². The molecule has 3 nitrogen and oxygen atoms in total. The molecule has 32 heavy (non-hydrogen) atoms. The van der Waals surface area contributed by atoms with Gasteiger partial charge in [-0.05, 0) is 116 Å². The SMILES string of the molecule is Cc1ccc(C2CCNCC2)cc1C(=O)NC1(C2=c3cccc4c3=C(CC2)CC4)CC1.Cl. The predicted molar refractivity (Wildman–Crippen MR) is 133 cm³/mol. The Morgan fingerprint density at radius 1 is 1.03 bits per heavy atom. The van der Waals surface area contributed by atoms with Gasteiger partial charge in [-0.2, -0.15) is 0 Å². The van der Waals surface area contributed by atoms with Crippen molar-refractivity contribution in [3.05, 3.63) is 69.1 Å². The van der Waals surface area contributed by atoms with Gasteiger partial charge in [-0.25, -0.2) is 0 Å². The molecule has 2 aromatic rings. The van der Waals surface area contributed by atoms with Gasteiger partial charge in [-0.3, -0.25) is 4.79 Å². The van der Waals surface area contributed by atoms with Gasteiger partial charge in [-0.1, -0.05) is 35.9 Å². The highest BCUT2D eigenvalue weighted by atomic mass is 35.5. The minimum absolute atomic E-state index is 0. The maximum Gasteiger partial charge on any atom is 0.252 e. The summed E-state index contributed by atoms with van der Waals surface area (Å²) in [5.41, 5.74) is 7.78. The Morgan fingerprint density at radius 3 is 2.59 bits per heavy atom. The first-order valence-electron chi connectivity index (χ1n) is 12.1. The van der Waals surface area contributed by atoms with Gasteiger partial charge in [-0.15, -0.1) is 12.4 Å². The van der Waals surface area contributed by atoms with Crippen LogP contribution in [0.1, 0.15) is 77.9 Å². The number of benzene rings is 2. The monoisotopic (exact) mass is 448 g/mol. The molecular weight excluding hydrogens is 416 g/mol. The third-order valence-corrected chi connectivity index (χ3v) is 8.20. The molecule has 4 aliphatic rings. The number of rotatable bonds is 4. The van der Waals surface area contributed by atoms with Gasteiger partial charge in [0.25, 0.3) is 5.91 Å². The number of aryl methyl sites for hydroxylation is 2. The Hall–Kier alpha value is -2.10. The number of piperidine rings is 1. The number of hydrogen-bond acceptors (Lipinski definition) is 2. The average molecular weight is 449 g/mol. The third kappa shape index (κ3) is 3.60. The first kappa shape index (κ1) is 21.7. The quantitative estimate of drug-likeness (QED) is 0.745.